The van der Waals surface area contributed by atoms with Crippen LogP contribution in [0.25, 0.3) is 11.0 Å². The smallest absolute Gasteiger partial charge is 0.344 e. The van der Waals surface area contributed by atoms with Crippen LogP contribution in [0.15, 0.2) is 57.7 Å². The first kappa shape index (κ1) is 22.1. The van der Waals surface area contributed by atoms with E-state index in [1.165, 1.54) is 12.1 Å². The van der Waals surface area contributed by atoms with Gasteiger partial charge in [0.25, 0.3) is 5.91 Å². The highest BCUT2D eigenvalue weighted by Crippen LogP contribution is 2.22. The summed E-state index contributed by atoms with van der Waals surface area (Å²) in [5, 5.41) is 3.65. The van der Waals surface area contributed by atoms with E-state index in [0.29, 0.717) is 17.8 Å². The van der Waals surface area contributed by atoms with Gasteiger partial charge < -0.3 is 19.2 Å². The van der Waals surface area contributed by atoms with Crippen LogP contribution in [0.4, 0.5) is 0 Å². The second-order valence-corrected chi connectivity index (χ2v) is 7.29. The number of carbonyl (C=O) groups is 2. The Labute approximate surface area is 180 Å². The molecule has 1 aromatic heterocycles. The van der Waals surface area contributed by atoms with Crippen LogP contribution in [0.5, 0.6) is 5.75 Å². The highest BCUT2D eigenvalue weighted by Gasteiger charge is 2.15. The highest BCUT2D eigenvalue weighted by atomic mass is 16.6. The second kappa shape index (κ2) is 9.93. The third-order valence-corrected chi connectivity index (χ3v) is 4.87. The molecule has 1 amide bonds. The SMILES string of the molecule is CC[C@@H](NC(=O)COC(=O)COc1ccc2c(C)cc(=O)oc2c1)c1ccc(C)cc1. The van der Waals surface area contributed by atoms with E-state index >= 15 is 0 Å². The van der Waals surface area contributed by atoms with Crippen LogP contribution < -0.4 is 15.7 Å². The molecule has 2 aromatic carbocycles. The Morgan fingerprint density at radius 1 is 1.03 bits per heavy atom. The molecule has 0 spiro atoms. The third-order valence-electron chi connectivity index (χ3n) is 4.87. The molecule has 7 heteroatoms. The van der Waals surface area contributed by atoms with E-state index in [4.69, 9.17) is 13.9 Å². The maximum absolute atomic E-state index is 12.2. The first-order valence-corrected chi connectivity index (χ1v) is 10.0. The lowest BCUT2D eigenvalue weighted by Crippen LogP contribution is -2.32. The summed E-state index contributed by atoms with van der Waals surface area (Å²) < 4.78 is 15.6. The molecule has 0 saturated carbocycles. The largest absolute Gasteiger partial charge is 0.482 e. The first-order chi connectivity index (χ1) is 14.9. The number of amides is 1. The molecule has 0 unspecified atom stereocenters. The van der Waals surface area contributed by atoms with Gasteiger partial charge in [0.05, 0.1) is 6.04 Å². The van der Waals surface area contributed by atoms with Crippen LogP contribution in [0, 0.1) is 13.8 Å². The molecule has 7 nitrogen and oxygen atoms in total. The van der Waals surface area contributed by atoms with Crippen LogP contribution in [-0.2, 0) is 14.3 Å². The van der Waals surface area contributed by atoms with Crippen molar-refractivity contribution in [3.63, 3.8) is 0 Å². The molecule has 0 radical (unpaired) electrons. The van der Waals surface area contributed by atoms with Gasteiger partial charge in [0.2, 0.25) is 0 Å². The molecular weight excluding hydrogens is 398 g/mol. The van der Waals surface area contributed by atoms with Gasteiger partial charge in [0, 0.05) is 17.5 Å². The number of hydrogen-bond donors (Lipinski definition) is 1. The van der Waals surface area contributed by atoms with Gasteiger partial charge in [-0.25, -0.2) is 9.59 Å². The van der Waals surface area contributed by atoms with E-state index in [2.05, 4.69) is 5.32 Å². The van der Waals surface area contributed by atoms with Crippen molar-refractivity contribution < 1.29 is 23.5 Å². The number of carbonyl (C=O) groups excluding carboxylic acids is 2. The molecule has 1 atom stereocenters. The standard InChI is InChI=1S/C24H25NO6/c1-4-20(17-7-5-15(2)6-8-17)25-22(26)13-30-24(28)14-29-18-9-10-19-16(3)11-23(27)31-21(19)12-18/h5-12,20H,4,13-14H2,1-3H3,(H,25,26)/t20-/m1/s1. The maximum Gasteiger partial charge on any atom is 0.344 e. The molecule has 1 N–H and O–H groups in total. The van der Waals surface area contributed by atoms with Crippen LogP contribution >= 0.6 is 0 Å². The Morgan fingerprint density at radius 2 is 1.77 bits per heavy atom. The molecule has 0 fully saturated rings. The van der Waals surface area contributed by atoms with Crippen molar-refractivity contribution in [1.29, 1.82) is 0 Å². The average Bonchev–Trinajstić information content (AvgIpc) is 2.75. The van der Waals surface area contributed by atoms with Gasteiger partial charge in [-0.2, -0.15) is 0 Å². The normalized spacial score (nSPS) is 11.7. The summed E-state index contributed by atoms with van der Waals surface area (Å²) in [6, 6.07) is 14.1. The highest BCUT2D eigenvalue weighted by molar-refractivity contribution is 5.82. The van der Waals surface area contributed by atoms with Crippen LogP contribution in [0.2, 0.25) is 0 Å². The van der Waals surface area contributed by atoms with Gasteiger partial charge in [-0.15, -0.1) is 0 Å². The minimum absolute atomic E-state index is 0.154. The third kappa shape index (κ3) is 5.94. The van der Waals surface area contributed by atoms with E-state index in [0.717, 1.165) is 22.1 Å². The van der Waals surface area contributed by atoms with Crippen molar-refractivity contribution in [2.75, 3.05) is 13.2 Å². The van der Waals surface area contributed by atoms with Crippen molar-refractivity contribution >= 4 is 22.8 Å². The Morgan fingerprint density at radius 3 is 2.48 bits per heavy atom. The van der Waals surface area contributed by atoms with Crippen LogP contribution in [-0.4, -0.2) is 25.1 Å². The molecule has 31 heavy (non-hydrogen) atoms. The van der Waals surface area contributed by atoms with Gasteiger partial charge in [-0.1, -0.05) is 36.8 Å². The quantitative estimate of drug-likeness (QED) is 0.439. The lowest BCUT2D eigenvalue weighted by Gasteiger charge is -2.17. The fourth-order valence-electron chi connectivity index (χ4n) is 3.18. The number of esters is 1. The predicted molar refractivity (Wildman–Crippen MR) is 116 cm³/mol. The van der Waals surface area contributed by atoms with E-state index in [9.17, 15) is 14.4 Å². The Hall–Kier alpha value is -3.61. The molecule has 1 heterocycles. The van der Waals surface area contributed by atoms with Crippen molar-refractivity contribution in [3.8, 4) is 5.75 Å². The summed E-state index contributed by atoms with van der Waals surface area (Å²) in [7, 11) is 0. The molecular formula is C24H25NO6. The van der Waals surface area contributed by atoms with Gasteiger partial charge in [-0.05, 0) is 43.5 Å². The number of ether oxygens (including phenoxy) is 2. The Kier molecular flexibility index (Phi) is 7.07. The zero-order valence-corrected chi connectivity index (χ0v) is 17.8. The van der Waals surface area contributed by atoms with Gasteiger partial charge in [0.15, 0.2) is 13.2 Å². The van der Waals surface area contributed by atoms with Crippen LogP contribution in [0.3, 0.4) is 0 Å². The molecule has 0 aliphatic carbocycles. The number of nitrogens with one attached hydrogen (secondary N) is 1. The predicted octanol–water partition coefficient (Wildman–Crippen LogP) is 3.60. The van der Waals surface area contributed by atoms with Gasteiger partial charge in [-0.3, -0.25) is 4.79 Å². The lowest BCUT2D eigenvalue weighted by atomic mass is 10.0. The van der Waals surface area contributed by atoms with E-state index < -0.39 is 18.2 Å². The van der Waals surface area contributed by atoms with Crippen molar-refractivity contribution in [2.24, 2.45) is 0 Å². The fourth-order valence-corrected chi connectivity index (χ4v) is 3.18. The molecule has 3 aromatic rings. The molecule has 0 aliphatic rings. The minimum atomic E-state index is -0.677. The average molecular weight is 423 g/mol. The van der Waals surface area contributed by atoms with Crippen LogP contribution in [0.1, 0.15) is 36.1 Å². The number of fused-ring (bicyclic) bond motifs is 1. The first-order valence-electron chi connectivity index (χ1n) is 10.0. The van der Waals surface area contributed by atoms with Crippen molar-refractivity contribution in [1.82, 2.24) is 5.32 Å². The van der Waals surface area contributed by atoms with Crippen molar-refractivity contribution in [2.45, 2.75) is 33.2 Å². The van der Waals surface area contributed by atoms with Gasteiger partial charge in [0.1, 0.15) is 11.3 Å². The summed E-state index contributed by atoms with van der Waals surface area (Å²) in [5.74, 6) is -0.707. The van der Waals surface area contributed by atoms with E-state index in [1.54, 1.807) is 12.1 Å². The van der Waals surface area contributed by atoms with E-state index in [1.807, 2.05) is 45.0 Å². The Balaban J connectivity index is 1.49. The maximum atomic E-state index is 12.2. The molecule has 0 bridgehead atoms. The summed E-state index contributed by atoms with van der Waals surface area (Å²) in [6.07, 6.45) is 0.712. The monoisotopic (exact) mass is 423 g/mol. The second-order valence-electron chi connectivity index (χ2n) is 7.29. The van der Waals surface area contributed by atoms with Crippen molar-refractivity contribution in [3.05, 3.63) is 75.6 Å². The minimum Gasteiger partial charge on any atom is -0.482 e. The zero-order valence-electron chi connectivity index (χ0n) is 17.8. The number of rotatable bonds is 8. The number of hydrogen-bond acceptors (Lipinski definition) is 6. The lowest BCUT2D eigenvalue weighted by molar-refractivity contribution is -0.150. The molecule has 162 valence electrons. The summed E-state index contributed by atoms with van der Waals surface area (Å²) in [5.41, 5.74) is 2.84. The van der Waals surface area contributed by atoms with E-state index in [-0.39, 0.29) is 18.6 Å². The summed E-state index contributed by atoms with van der Waals surface area (Å²) in [6.45, 7) is 5.02. The Bertz CT molecular complexity index is 1130. The topological polar surface area (TPSA) is 94.8 Å². The summed E-state index contributed by atoms with van der Waals surface area (Å²) in [4.78, 5) is 35.6. The number of aryl methyl sites for hydroxylation is 2. The zero-order chi connectivity index (χ0) is 22.4. The summed E-state index contributed by atoms with van der Waals surface area (Å²) >= 11 is 0. The molecule has 0 aliphatic heterocycles. The van der Waals surface area contributed by atoms with Gasteiger partial charge >= 0.3 is 11.6 Å². The fraction of sp³-hybridized carbons (Fsp3) is 0.292. The molecule has 3 rings (SSSR count). The molecule has 0 saturated heterocycles. The number of benzene rings is 2.